The van der Waals surface area contributed by atoms with E-state index in [0.717, 1.165) is 21.3 Å². The van der Waals surface area contributed by atoms with Crippen LogP contribution in [-0.2, 0) is 82.3 Å². The number of rotatable bonds is 22. The zero-order valence-corrected chi connectivity index (χ0v) is 70.0. The molecule has 0 unspecified atom stereocenters. The molecule has 12 aliphatic rings. The first-order valence-corrected chi connectivity index (χ1v) is 42.0. The minimum atomic E-state index is -3.21. The number of benzene rings is 3. The molecule has 2 saturated carbocycles. The summed E-state index contributed by atoms with van der Waals surface area (Å²) < 4.78 is 101. The molecule has 0 aromatic heterocycles. The topological polar surface area (TPSA) is 554 Å². The number of carbonyl (C=O) groups is 6. The van der Waals surface area contributed by atoms with Crippen molar-refractivity contribution >= 4 is 51.0 Å². The van der Waals surface area contributed by atoms with E-state index in [9.17, 15) is 86.2 Å². The molecule has 7 aliphatic heterocycles. The molecular weight excluding hydrogens is 1610 g/mol. The van der Waals surface area contributed by atoms with Gasteiger partial charge in [0.05, 0.1) is 145 Å². The monoisotopic (exact) mass is 1720 g/mol. The number of phenolic OH excluding ortho intramolecular Hbond substituents is 4. The third-order valence-electron chi connectivity index (χ3n) is 28.3. The van der Waals surface area contributed by atoms with E-state index in [-0.39, 0.29) is 81.6 Å². The molecule has 15 N–H and O–H groups in total. The molecule has 674 valence electrons. The Labute approximate surface area is 700 Å². The van der Waals surface area contributed by atoms with Crippen LogP contribution in [0.2, 0.25) is 0 Å². The Bertz CT molecular complexity index is 4640. The second-order valence-corrected chi connectivity index (χ2v) is 35.1. The van der Waals surface area contributed by atoms with E-state index in [4.69, 9.17) is 75.8 Å². The van der Waals surface area contributed by atoms with Gasteiger partial charge in [0.15, 0.2) is 77.8 Å². The van der Waals surface area contributed by atoms with Gasteiger partial charge in [-0.15, -0.1) is 0 Å². The fourth-order valence-corrected chi connectivity index (χ4v) is 21.7. The molecule has 37 nitrogen and oxygen atoms in total. The van der Waals surface area contributed by atoms with Gasteiger partial charge in [0, 0.05) is 55.4 Å². The van der Waals surface area contributed by atoms with Gasteiger partial charge in [-0.1, -0.05) is 26.7 Å². The second-order valence-electron chi connectivity index (χ2n) is 35.1. The van der Waals surface area contributed by atoms with Crippen molar-refractivity contribution in [2.75, 3.05) is 21.3 Å². The van der Waals surface area contributed by atoms with Crippen molar-refractivity contribution < 1.29 is 181 Å². The Balaban J connectivity index is 0.798. The van der Waals surface area contributed by atoms with Crippen LogP contribution >= 0.6 is 0 Å². The normalized spacial score (nSPS) is 43.2. The smallest absolute Gasteiger partial charge is 0.232 e. The van der Waals surface area contributed by atoms with Gasteiger partial charge in [-0.25, -0.2) is 0 Å². The molecule has 33 atom stereocenters. The van der Waals surface area contributed by atoms with Crippen LogP contribution in [0.3, 0.4) is 0 Å². The summed E-state index contributed by atoms with van der Waals surface area (Å²) in [5, 5.41) is 185. The summed E-state index contributed by atoms with van der Waals surface area (Å²) in [5.74, 6) is -17.3. The second kappa shape index (κ2) is 32.9. The Morgan fingerprint density at radius 3 is 1.44 bits per heavy atom. The molecule has 0 amide bonds. The number of hydrogen-bond donors (Lipinski definition) is 15. The highest BCUT2D eigenvalue weighted by Crippen LogP contribution is 2.69. The SMILES string of the molecule is CCC[C@@]1(O)[C@H](O[C@H]2CC[C@H](O[C@@H]3CC[C@](O)(C(C)=O)[C@@H](C)O3)[C@@H](C)O2)[C@@H](O)[C@H](O[C@H]2C[C@@H](O)[C@@H](O)[C@H](C)O2)[C@H]2Cc3cc4c(OC)c(OC)c(C5=C(OC)C(=O)c6c(O)c7c(c(O)c6C5=O)C(=O)[C@]5(O)[C@H]6[C@H](O[C@@H]8C[C@@H](O)[C@@H](O)[C@H](C)O8)[C@@H](O)[C@H](O[C@H]8CC[C@H](O[C@H]9CC[C@@](O)(C(C)=O)[C@@H](C)O9)[C@@H](C)O8)[C@]5(CCC)O[C@@H]76)c(O)c4c(O)c3C(=O)[C@@]21O. The number of ether oxygens (including phenoxy) is 16. The first-order valence-electron chi connectivity index (χ1n) is 42.0. The van der Waals surface area contributed by atoms with Crippen molar-refractivity contribution in [3.8, 4) is 34.5 Å². The molecule has 3 aromatic carbocycles. The quantitative estimate of drug-likeness (QED) is 0.0642. The largest absolute Gasteiger partial charge is 0.507 e. The highest BCUT2D eigenvalue weighted by atomic mass is 16.8. The van der Waals surface area contributed by atoms with E-state index in [2.05, 4.69) is 0 Å². The van der Waals surface area contributed by atoms with E-state index in [1.807, 2.05) is 0 Å². The predicted molar refractivity (Wildman–Crippen MR) is 412 cm³/mol. The van der Waals surface area contributed by atoms with Gasteiger partial charge in [0.25, 0.3) is 0 Å². The summed E-state index contributed by atoms with van der Waals surface area (Å²) in [7, 11) is 3.09. The number of allylic oxidation sites excluding steroid dienone is 2. The van der Waals surface area contributed by atoms with Crippen molar-refractivity contribution in [3.05, 3.63) is 50.8 Å². The molecule has 122 heavy (non-hydrogen) atoms. The maximum Gasteiger partial charge on any atom is 0.232 e. The number of ketones is 6. The van der Waals surface area contributed by atoms with Crippen LogP contribution in [0.15, 0.2) is 11.8 Å². The van der Waals surface area contributed by atoms with E-state index in [1.165, 1.54) is 33.8 Å². The number of carbonyl (C=O) groups excluding carboxylic acids is 6. The summed E-state index contributed by atoms with van der Waals surface area (Å²) in [4.78, 5) is 89.5. The van der Waals surface area contributed by atoms with Crippen LogP contribution in [0.25, 0.3) is 16.3 Å². The van der Waals surface area contributed by atoms with Gasteiger partial charge in [-0.05, 0) is 112 Å². The van der Waals surface area contributed by atoms with Crippen LogP contribution in [0.1, 0.15) is 223 Å². The molecule has 15 rings (SSSR count). The van der Waals surface area contributed by atoms with Gasteiger partial charge < -0.3 is 152 Å². The zero-order valence-electron chi connectivity index (χ0n) is 70.0. The van der Waals surface area contributed by atoms with E-state index >= 15 is 19.2 Å². The lowest BCUT2D eigenvalue weighted by molar-refractivity contribution is -0.358. The lowest BCUT2D eigenvalue weighted by Crippen LogP contribution is -2.80. The minimum absolute atomic E-state index is 0.0101. The van der Waals surface area contributed by atoms with Crippen molar-refractivity contribution in [1.29, 1.82) is 0 Å². The van der Waals surface area contributed by atoms with Gasteiger partial charge >= 0.3 is 0 Å². The van der Waals surface area contributed by atoms with E-state index in [1.54, 1.807) is 41.5 Å². The standard InChI is InChI=1S/C85H112O37/c1-14-22-82(104)78(120-45-18-16-43(30(3)110-45)116-47-20-24-80(102,34(7)86)36(9)114-47)68(98)71(118-49-28-41(88)60(90)32(5)112-49)40-27-38-26-39-52(62(92)51(38)76(100)84(40,82)105)63(93)56(74(109-13)70(39)107-11)55-64(94)53-54(67(97)73(55)108-12)65(95)57-58(66(53)96)77(101)85(106)59-72(57)122-83(85,23-15-2)79(69(99)75(59)119-50-29-42(89)61(91)33(6)113-50)121-46-19-17-44(31(4)111-46)117-48-21-25-81(103,35(8)87)37(10)115-48/h26,30-33,36-37,40-50,59-61,68-69,71-72,75,78-79,88-93,95-96,98-99,102-106H,14-25,27-29H2,1-13H3/t30-,31-,32+,33+,36-,37-,40-,41-,42-,43+,44+,45+,46+,47-,48+,49+,50-,59-,60+,61+,68+,69-,71-,72+,75+,78-,79+,80+,81-,82-,83+,84+,85-/m1/s1. The highest BCUT2D eigenvalue weighted by Gasteiger charge is 2.82. The molecular formula is C85H112O37. The maximum atomic E-state index is 16.4. The first kappa shape index (κ1) is 90.1. The number of fused-ring (bicyclic) bond motifs is 6. The van der Waals surface area contributed by atoms with E-state index in [0.29, 0.717) is 0 Å². The third kappa shape index (κ3) is 13.6. The van der Waals surface area contributed by atoms with Gasteiger partial charge in [0.2, 0.25) is 23.1 Å². The van der Waals surface area contributed by atoms with E-state index < -0.39 is 344 Å². The fourth-order valence-electron chi connectivity index (χ4n) is 21.7. The number of aromatic hydroxyl groups is 4. The van der Waals surface area contributed by atoms with Crippen molar-refractivity contribution in [1.82, 2.24) is 0 Å². The van der Waals surface area contributed by atoms with Crippen molar-refractivity contribution in [2.45, 2.75) is 353 Å². The van der Waals surface area contributed by atoms with Gasteiger partial charge in [-0.3, -0.25) is 28.8 Å². The molecule has 0 radical (unpaired) electrons. The summed E-state index contributed by atoms with van der Waals surface area (Å²) in [6.07, 6.45) is -35.1. The highest BCUT2D eigenvalue weighted by molar-refractivity contribution is 6.43. The first-order chi connectivity index (χ1) is 57.5. The number of methoxy groups -OCH3 is 3. The van der Waals surface area contributed by atoms with Crippen LogP contribution in [0, 0.1) is 11.8 Å². The molecule has 4 bridgehead atoms. The summed E-state index contributed by atoms with van der Waals surface area (Å²) >= 11 is 0. The Kier molecular flexibility index (Phi) is 24.3. The Morgan fingerprint density at radius 2 is 0.959 bits per heavy atom. The van der Waals surface area contributed by atoms with Gasteiger partial charge in [0.1, 0.15) is 82.0 Å². The number of aliphatic hydroxyl groups is 11. The number of phenols is 4. The Hall–Kier alpha value is -6.68. The molecule has 9 fully saturated rings. The number of Topliss-reactive ketones (excluding diaryl/α,β-unsaturated/α-hetero) is 6. The fraction of sp³-hybridized carbons (Fsp3) is 0.718. The average molecular weight is 1730 g/mol. The lowest BCUT2D eigenvalue weighted by Gasteiger charge is -2.60. The van der Waals surface area contributed by atoms with Crippen LogP contribution in [0.4, 0.5) is 0 Å². The number of aliphatic hydroxyl groups excluding tert-OH is 6. The number of hydrogen-bond acceptors (Lipinski definition) is 37. The molecule has 37 heteroatoms. The van der Waals surface area contributed by atoms with Crippen molar-refractivity contribution in [3.63, 3.8) is 0 Å². The maximum absolute atomic E-state index is 16.4. The molecule has 7 saturated heterocycles. The molecule has 5 aliphatic carbocycles. The summed E-state index contributed by atoms with van der Waals surface area (Å²) in [6.45, 7) is 15.1. The van der Waals surface area contributed by atoms with Crippen molar-refractivity contribution in [2.24, 2.45) is 11.8 Å². The van der Waals surface area contributed by atoms with Crippen LogP contribution < -0.4 is 9.47 Å². The molecule has 7 heterocycles. The summed E-state index contributed by atoms with van der Waals surface area (Å²) in [5.41, 5.74) is -21.6. The predicted octanol–water partition coefficient (Wildman–Crippen LogP) is 2.40. The van der Waals surface area contributed by atoms with Gasteiger partial charge in [-0.2, -0.15) is 0 Å². The van der Waals surface area contributed by atoms with Crippen LogP contribution in [-0.4, -0.2) is 314 Å². The zero-order chi connectivity index (χ0) is 88.5. The molecule has 3 aromatic rings. The average Bonchev–Trinajstić information content (AvgIpc) is 1.52. The lowest BCUT2D eigenvalue weighted by atomic mass is 9.53. The summed E-state index contributed by atoms with van der Waals surface area (Å²) in [6, 6.07) is 1.25. The minimum Gasteiger partial charge on any atom is -0.507 e. The third-order valence-corrected chi connectivity index (χ3v) is 28.3. The van der Waals surface area contributed by atoms with Crippen LogP contribution in [0.5, 0.6) is 34.5 Å². The Morgan fingerprint density at radius 1 is 0.484 bits per heavy atom. The molecule has 0 spiro atoms.